The van der Waals surface area contributed by atoms with Crippen LogP contribution in [0.5, 0.6) is 0 Å². The summed E-state index contributed by atoms with van der Waals surface area (Å²) in [6, 6.07) is 6.17. The Hall–Kier alpha value is -2.49. The molecule has 5 N–H and O–H groups in total. The van der Waals surface area contributed by atoms with Gasteiger partial charge in [-0.2, -0.15) is 13.2 Å². The second-order valence-corrected chi connectivity index (χ2v) is 6.92. The van der Waals surface area contributed by atoms with Gasteiger partial charge in [0, 0.05) is 6.07 Å². The fourth-order valence-electron chi connectivity index (χ4n) is 2.16. The van der Waals surface area contributed by atoms with E-state index < -0.39 is 22.9 Å². The number of hydrogen-bond donors (Lipinski definition) is 3. The largest absolute Gasteiger partial charge is 0.418 e. The molecule has 2 rings (SSSR count). The summed E-state index contributed by atoms with van der Waals surface area (Å²) in [5, 5.41) is 1.79. The number of hydrogen-bond acceptors (Lipinski definition) is 6. The van der Waals surface area contributed by atoms with Crippen LogP contribution in [0.1, 0.15) is 19.4 Å². The number of nitrogens with zero attached hydrogens (tertiary/aromatic N) is 2. The van der Waals surface area contributed by atoms with Crippen molar-refractivity contribution in [3.63, 3.8) is 0 Å². The maximum Gasteiger partial charge on any atom is 0.418 e. The summed E-state index contributed by atoms with van der Waals surface area (Å²) in [4.78, 5) is 20.6. The zero-order valence-electron chi connectivity index (χ0n) is 14.0. The molecule has 1 atom stereocenters. The Morgan fingerprint density at radius 2 is 1.73 bits per heavy atom. The topological polar surface area (TPSA) is 107 Å². The van der Waals surface area contributed by atoms with E-state index in [1.807, 2.05) is 0 Å². The Bertz CT molecular complexity index is 777. The van der Waals surface area contributed by atoms with Crippen molar-refractivity contribution < 1.29 is 18.0 Å². The SMILES string of the molecule is CC(C)[C@H](Sc1nc(N)cc(N)n1)C(=O)Nc1ccccc1C(F)(F)F. The van der Waals surface area contributed by atoms with Gasteiger partial charge in [-0.1, -0.05) is 37.7 Å². The highest BCUT2D eigenvalue weighted by atomic mass is 32.2. The molecule has 26 heavy (non-hydrogen) atoms. The summed E-state index contributed by atoms with van der Waals surface area (Å²) in [5.74, 6) is -0.508. The fraction of sp³-hybridized carbons (Fsp3) is 0.312. The van der Waals surface area contributed by atoms with E-state index in [-0.39, 0.29) is 28.4 Å². The number of thioether (sulfide) groups is 1. The van der Waals surface area contributed by atoms with Crippen LogP contribution < -0.4 is 16.8 Å². The van der Waals surface area contributed by atoms with Crippen molar-refractivity contribution in [1.29, 1.82) is 0 Å². The molecule has 0 saturated heterocycles. The van der Waals surface area contributed by atoms with Gasteiger partial charge in [-0.05, 0) is 18.1 Å². The fourth-order valence-corrected chi connectivity index (χ4v) is 3.15. The average Bonchev–Trinajstić information content (AvgIpc) is 2.50. The van der Waals surface area contributed by atoms with E-state index in [0.29, 0.717) is 0 Å². The number of nitrogens with one attached hydrogen (secondary N) is 1. The number of aromatic nitrogens is 2. The molecule has 140 valence electrons. The van der Waals surface area contributed by atoms with E-state index in [9.17, 15) is 18.0 Å². The maximum absolute atomic E-state index is 13.1. The number of alkyl halides is 3. The third-order valence-electron chi connectivity index (χ3n) is 3.33. The van der Waals surface area contributed by atoms with Crippen molar-refractivity contribution in [3.05, 3.63) is 35.9 Å². The summed E-state index contributed by atoms with van der Waals surface area (Å²) in [6.45, 7) is 3.53. The molecule has 0 bridgehead atoms. The van der Waals surface area contributed by atoms with Gasteiger partial charge in [0.1, 0.15) is 11.6 Å². The lowest BCUT2D eigenvalue weighted by molar-refractivity contribution is -0.137. The molecule has 10 heteroatoms. The first-order valence-corrected chi connectivity index (χ1v) is 8.49. The number of carbonyl (C=O) groups is 1. The second kappa shape index (κ2) is 7.81. The summed E-state index contributed by atoms with van der Waals surface area (Å²) in [7, 11) is 0. The first kappa shape index (κ1) is 19.8. The molecule has 1 aromatic carbocycles. The highest BCUT2D eigenvalue weighted by molar-refractivity contribution is 8.00. The highest BCUT2D eigenvalue weighted by Gasteiger charge is 2.34. The van der Waals surface area contributed by atoms with Gasteiger partial charge >= 0.3 is 6.18 Å². The number of rotatable bonds is 5. The normalized spacial score (nSPS) is 12.8. The number of nitrogen functional groups attached to an aromatic ring is 2. The number of nitrogens with two attached hydrogens (primary N) is 2. The molecular formula is C16H18F3N5OS. The summed E-state index contributed by atoms with van der Waals surface area (Å²) in [5.41, 5.74) is 10.0. The van der Waals surface area contributed by atoms with Gasteiger partial charge in [0.05, 0.1) is 16.5 Å². The molecule has 0 fully saturated rings. The van der Waals surface area contributed by atoms with E-state index >= 15 is 0 Å². The predicted molar refractivity (Wildman–Crippen MR) is 95.4 cm³/mol. The van der Waals surface area contributed by atoms with Crippen molar-refractivity contribution >= 4 is 35.0 Å². The number of anilines is 3. The van der Waals surface area contributed by atoms with Crippen LogP contribution in [-0.2, 0) is 11.0 Å². The lowest BCUT2D eigenvalue weighted by Crippen LogP contribution is -2.30. The molecule has 0 unspecified atom stereocenters. The summed E-state index contributed by atoms with van der Waals surface area (Å²) in [6.07, 6.45) is -4.57. The molecule has 0 aliphatic carbocycles. The van der Waals surface area contributed by atoms with E-state index in [1.54, 1.807) is 13.8 Å². The van der Waals surface area contributed by atoms with Crippen LogP contribution in [-0.4, -0.2) is 21.1 Å². The molecular weight excluding hydrogens is 367 g/mol. The first-order chi connectivity index (χ1) is 12.1. The predicted octanol–water partition coefficient (Wildman–Crippen LogP) is 3.42. The minimum Gasteiger partial charge on any atom is -0.383 e. The van der Waals surface area contributed by atoms with Crippen LogP contribution in [0.15, 0.2) is 35.5 Å². The van der Waals surface area contributed by atoms with Gasteiger partial charge in [0.25, 0.3) is 0 Å². The van der Waals surface area contributed by atoms with Crippen LogP contribution in [0.25, 0.3) is 0 Å². The van der Waals surface area contributed by atoms with Crippen LogP contribution in [0.3, 0.4) is 0 Å². The smallest absolute Gasteiger partial charge is 0.383 e. The summed E-state index contributed by atoms with van der Waals surface area (Å²) >= 11 is 0.990. The Labute approximate surface area is 152 Å². The Morgan fingerprint density at radius 3 is 2.27 bits per heavy atom. The van der Waals surface area contributed by atoms with Gasteiger partial charge in [0.15, 0.2) is 5.16 Å². The summed E-state index contributed by atoms with van der Waals surface area (Å²) < 4.78 is 39.3. The number of benzene rings is 1. The van der Waals surface area contributed by atoms with Crippen molar-refractivity contribution in [2.45, 2.75) is 30.4 Å². The molecule has 0 aliphatic heterocycles. The molecule has 0 saturated carbocycles. The lowest BCUT2D eigenvalue weighted by atomic mass is 10.1. The van der Waals surface area contributed by atoms with Gasteiger partial charge in [-0.15, -0.1) is 0 Å². The minimum absolute atomic E-state index is 0.144. The van der Waals surface area contributed by atoms with Crippen LogP contribution >= 0.6 is 11.8 Å². The zero-order valence-corrected chi connectivity index (χ0v) is 14.9. The molecule has 2 aromatic rings. The third-order valence-corrected chi connectivity index (χ3v) is 4.74. The van der Waals surface area contributed by atoms with Gasteiger partial charge in [-0.3, -0.25) is 4.79 Å². The van der Waals surface area contributed by atoms with E-state index in [4.69, 9.17) is 11.5 Å². The zero-order chi connectivity index (χ0) is 19.5. The van der Waals surface area contributed by atoms with E-state index in [0.717, 1.165) is 17.8 Å². The number of para-hydroxylation sites is 1. The van der Waals surface area contributed by atoms with Gasteiger partial charge in [0.2, 0.25) is 5.91 Å². The van der Waals surface area contributed by atoms with E-state index in [2.05, 4.69) is 15.3 Å². The number of carbonyl (C=O) groups excluding carboxylic acids is 1. The van der Waals surface area contributed by atoms with Gasteiger partial charge < -0.3 is 16.8 Å². The minimum atomic E-state index is -4.57. The second-order valence-electron chi connectivity index (χ2n) is 5.82. The van der Waals surface area contributed by atoms with Crippen LogP contribution in [0.4, 0.5) is 30.5 Å². The molecule has 1 aromatic heterocycles. The monoisotopic (exact) mass is 385 g/mol. The number of halogens is 3. The Balaban J connectivity index is 2.25. The molecule has 1 amide bonds. The Kier molecular flexibility index (Phi) is 5.96. The molecule has 1 heterocycles. The van der Waals surface area contributed by atoms with Gasteiger partial charge in [-0.25, -0.2) is 9.97 Å². The van der Waals surface area contributed by atoms with Crippen molar-refractivity contribution in [2.75, 3.05) is 16.8 Å². The molecule has 0 aliphatic rings. The molecule has 6 nitrogen and oxygen atoms in total. The quantitative estimate of drug-likeness (QED) is 0.538. The van der Waals surface area contributed by atoms with E-state index in [1.165, 1.54) is 24.3 Å². The van der Waals surface area contributed by atoms with Crippen LogP contribution in [0, 0.1) is 5.92 Å². The van der Waals surface area contributed by atoms with Crippen molar-refractivity contribution in [3.8, 4) is 0 Å². The van der Waals surface area contributed by atoms with Crippen LogP contribution in [0.2, 0.25) is 0 Å². The van der Waals surface area contributed by atoms with Crippen molar-refractivity contribution in [1.82, 2.24) is 9.97 Å². The first-order valence-electron chi connectivity index (χ1n) is 7.61. The number of amides is 1. The maximum atomic E-state index is 13.1. The molecule has 0 spiro atoms. The highest BCUT2D eigenvalue weighted by Crippen LogP contribution is 2.35. The average molecular weight is 385 g/mol. The Morgan fingerprint density at radius 1 is 1.15 bits per heavy atom. The standard InChI is InChI=1S/C16H18F3N5OS/c1-8(2)13(26-15-23-11(20)7-12(21)24-15)14(25)22-10-6-4-3-5-9(10)16(17,18)19/h3-8,13H,1-2H3,(H,22,25)(H4,20,21,23,24)/t13-/m0/s1. The third kappa shape index (κ3) is 5.01. The lowest BCUT2D eigenvalue weighted by Gasteiger charge is -2.20. The van der Waals surface area contributed by atoms with Crippen molar-refractivity contribution in [2.24, 2.45) is 5.92 Å². The molecule has 0 radical (unpaired) electrons.